The number of benzene rings is 2. The van der Waals surface area contributed by atoms with Crippen LogP contribution in [0.4, 0.5) is 5.69 Å². The van der Waals surface area contributed by atoms with E-state index in [1.165, 1.54) is 0 Å². The standard InChI is InChI=1S/C23H29ClN2O3/c1-16(2)28-14-6-13-25-15-21-22(29-19-11-9-18(24)10-12-19)23(27)26(21)20-8-5-4-7-17(20)3/h4-5,7-12,16,21-22,25H,6,13-15H2,1-3H3/t21-,22+/m0/s1. The average molecular weight is 417 g/mol. The molecule has 0 radical (unpaired) electrons. The zero-order valence-corrected chi connectivity index (χ0v) is 18.0. The molecular weight excluding hydrogens is 388 g/mol. The van der Waals surface area contributed by atoms with Crippen LogP contribution in [-0.2, 0) is 9.53 Å². The second-order valence-electron chi connectivity index (χ2n) is 7.53. The van der Waals surface area contributed by atoms with Crippen LogP contribution >= 0.6 is 11.6 Å². The molecule has 1 amide bonds. The van der Waals surface area contributed by atoms with Crippen LogP contribution in [0, 0.1) is 6.92 Å². The maximum Gasteiger partial charge on any atom is 0.270 e. The Kier molecular flexibility index (Phi) is 7.53. The summed E-state index contributed by atoms with van der Waals surface area (Å²) in [5.41, 5.74) is 2.00. The van der Waals surface area contributed by atoms with Gasteiger partial charge < -0.3 is 19.7 Å². The Bertz CT molecular complexity index is 810. The molecule has 156 valence electrons. The summed E-state index contributed by atoms with van der Waals surface area (Å²) in [4.78, 5) is 14.8. The molecule has 2 atom stereocenters. The van der Waals surface area contributed by atoms with Gasteiger partial charge >= 0.3 is 0 Å². The smallest absolute Gasteiger partial charge is 0.270 e. The highest BCUT2D eigenvalue weighted by Crippen LogP contribution is 2.33. The zero-order valence-electron chi connectivity index (χ0n) is 17.2. The quantitative estimate of drug-likeness (QED) is 0.465. The molecule has 2 aromatic carbocycles. The third-order valence-electron chi connectivity index (χ3n) is 4.92. The Labute approximate surface area is 177 Å². The van der Waals surface area contributed by atoms with E-state index in [0.29, 0.717) is 17.3 Å². The lowest BCUT2D eigenvalue weighted by molar-refractivity contribution is -0.134. The van der Waals surface area contributed by atoms with E-state index >= 15 is 0 Å². The number of hydrogen-bond donors (Lipinski definition) is 1. The first-order valence-corrected chi connectivity index (χ1v) is 10.5. The highest BCUT2D eigenvalue weighted by molar-refractivity contribution is 6.30. The fraction of sp³-hybridized carbons (Fsp3) is 0.435. The van der Waals surface area contributed by atoms with Gasteiger partial charge in [-0.25, -0.2) is 0 Å². The van der Waals surface area contributed by atoms with Gasteiger partial charge in [0.2, 0.25) is 0 Å². The number of nitrogens with one attached hydrogen (secondary N) is 1. The van der Waals surface area contributed by atoms with Gasteiger partial charge in [-0.15, -0.1) is 0 Å². The average Bonchev–Trinajstić information content (AvgIpc) is 2.70. The fourth-order valence-corrected chi connectivity index (χ4v) is 3.53. The molecule has 1 fully saturated rings. The number of amides is 1. The molecule has 5 nitrogen and oxygen atoms in total. The number of halogens is 1. The van der Waals surface area contributed by atoms with E-state index in [9.17, 15) is 4.79 Å². The highest BCUT2D eigenvalue weighted by Gasteiger charge is 2.50. The summed E-state index contributed by atoms with van der Waals surface area (Å²) in [6.07, 6.45) is 0.648. The van der Waals surface area contributed by atoms with Crippen molar-refractivity contribution in [2.75, 3.05) is 24.6 Å². The number of carbonyl (C=O) groups excluding carboxylic acids is 1. The minimum atomic E-state index is -0.518. The summed E-state index contributed by atoms with van der Waals surface area (Å²) in [7, 11) is 0. The number of para-hydroxylation sites is 1. The molecule has 1 aliphatic rings. The van der Waals surface area contributed by atoms with Crippen molar-refractivity contribution in [3.05, 3.63) is 59.1 Å². The molecule has 0 unspecified atom stereocenters. The second-order valence-corrected chi connectivity index (χ2v) is 7.97. The SMILES string of the molecule is Cc1ccccc1N1C(=O)[C@H](Oc2ccc(Cl)cc2)[C@@H]1CNCCCOC(C)C. The topological polar surface area (TPSA) is 50.8 Å². The summed E-state index contributed by atoms with van der Waals surface area (Å²) in [6, 6.07) is 15.0. The van der Waals surface area contributed by atoms with Crippen molar-refractivity contribution in [1.82, 2.24) is 5.32 Å². The molecule has 0 bridgehead atoms. The first-order chi connectivity index (χ1) is 14.0. The van der Waals surface area contributed by atoms with Crippen LogP contribution in [0.2, 0.25) is 5.02 Å². The van der Waals surface area contributed by atoms with Crippen LogP contribution in [0.3, 0.4) is 0 Å². The number of rotatable bonds is 10. The molecule has 1 saturated heterocycles. The molecule has 6 heteroatoms. The minimum absolute atomic E-state index is 0.0239. The van der Waals surface area contributed by atoms with E-state index in [1.807, 2.05) is 49.9 Å². The van der Waals surface area contributed by atoms with Gasteiger partial charge in [0.1, 0.15) is 5.75 Å². The van der Waals surface area contributed by atoms with Crippen molar-refractivity contribution in [3.8, 4) is 5.75 Å². The minimum Gasteiger partial charge on any atom is -0.478 e. The van der Waals surface area contributed by atoms with Crippen LogP contribution < -0.4 is 15.0 Å². The maximum absolute atomic E-state index is 12.9. The van der Waals surface area contributed by atoms with Gasteiger partial charge in [0.15, 0.2) is 6.10 Å². The molecule has 0 spiro atoms. The van der Waals surface area contributed by atoms with Crippen molar-refractivity contribution in [1.29, 1.82) is 0 Å². The molecule has 0 aliphatic carbocycles. The van der Waals surface area contributed by atoms with Gasteiger partial charge in [-0.1, -0.05) is 29.8 Å². The third-order valence-corrected chi connectivity index (χ3v) is 5.17. The van der Waals surface area contributed by atoms with Crippen molar-refractivity contribution in [3.63, 3.8) is 0 Å². The second kappa shape index (κ2) is 10.1. The number of nitrogens with zero attached hydrogens (tertiary/aromatic N) is 1. The van der Waals surface area contributed by atoms with E-state index in [2.05, 4.69) is 5.32 Å². The predicted molar refractivity (Wildman–Crippen MR) is 117 cm³/mol. The van der Waals surface area contributed by atoms with E-state index in [-0.39, 0.29) is 18.1 Å². The largest absolute Gasteiger partial charge is 0.478 e. The number of aryl methyl sites for hydroxylation is 1. The van der Waals surface area contributed by atoms with Crippen LogP contribution in [0.25, 0.3) is 0 Å². The molecule has 0 aromatic heterocycles. The monoisotopic (exact) mass is 416 g/mol. The summed E-state index contributed by atoms with van der Waals surface area (Å²) >= 11 is 5.95. The Morgan fingerprint density at radius 1 is 1.14 bits per heavy atom. The Morgan fingerprint density at radius 3 is 2.55 bits per heavy atom. The summed E-state index contributed by atoms with van der Waals surface area (Å²) in [5.74, 6) is 0.622. The number of β-lactam (4-membered cyclic amide) rings is 1. The van der Waals surface area contributed by atoms with Crippen molar-refractivity contribution in [2.45, 2.75) is 45.4 Å². The number of hydrogen-bond acceptors (Lipinski definition) is 4. The van der Waals surface area contributed by atoms with Gasteiger partial charge in [0, 0.05) is 23.9 Å². The van der Waals surface area contributed by atoms with Crippen molar-refractivity contribution >= 4 is 23.2 Å². The van der Waals surface area contributed by atoms with Crippen molar-refractivity contribution in [2.24, 2.45) is 0 Å². The van der Waals surface area contributed by atoms with E-state index in [1.54, 1.807) is 24.3 Å². The molecule has 0 saturated carbocycles. The Balaban J connectivity index is 1.65. The van der Waals surface area contributed by atoms with Crippen LogP contribution in [0.5, 0.6) is 5.75 Å². The Morgan fingerprint density at radius 2 is 1.86 bits per heavy atom. The summed E-state index contributed by atoms with van der Waals surface area (Å²) in [5, 5.41) is 4.09. The van der Waals surface area contributed by atoms with E-state index < -0.39 is 6.10 Å². The third kappa shape index (κ3) is 5.50. The molecular formula is C23H29ClN2O3. The first-order valence-electron chi connectivity index (χ1n) is 10.1. The lowest BCUT2D eigenvalue weighted by atomic mass is 9.95. The van der Waals surface area contributed by atoms with Gasteiger partial charge in [0.25, 0.3) is 5.91 Å². The number of carbonyl (C=O) groups is 1. The summed E-state index contributed by atoms with van der Waals surface area (Å²) < 4.78 is 11.6. The van der Waals surface area contributed by atoms with Gasteiger partial charge in [-0.2, -0.15) is 0 Å². The van der Waals surface area contributed by atoms with Gasteiger partial charge in [-0.05, 0) is 69.6 Å². The van der Waals surface area contributed by atoms with Crippen LogP contribution in [0.15, 0.2) is 48.5 Å². The van der Waals surface area contributed by atoms with E-state index in [0.717, 1.165) is 30.8 Å². The van der Waals surface area contributed by atoms with Gasteiger partial charge in [0.05, 0.1) is 12.1 Å². The Hall–Kier alpha value is -2.08. The fourth-order valence-electron chi connectivity index (χ4n) is 3.40. The molecule has 2 aromatic rings. The van der Waals surface area contributed by atoms with Crippen LogP contribution in [0.1, 0.15) is 25.8 Å². The normalized spacial score (nSPS) is 18.8. The predicted octanol–water partition coefficient (Wildman–Crippen LogP) is 4.22. The van der Waals surface area contributed by atoms with Crippen molar-refractivity contribution < 1.29 is 14.3 Å². The molecule has 1 N–H and O–H groups in total. The van der Waals surface area contributed by atoms with E-state index in [4.69, 9.17) is 21.1 Å². The summed E-state index contributed by atoms with van der Waals surface area (Å²) in [6.45, 7) is 8.29. The number of anilines is 1. The lowest BCUT2D eigenvalue weighted by Crippen LogP contribution is -2.70. The van der Waals surface area contributed by atoms with Gasteiger partial charge in [-0.3, -0.25) is 4.79 Å². The molecule has 1 aliphatic heterocycles. The number of ether oxygens (including phenoxy) is 2. The lowest BCUT2D eigenvalue weighted by Gasteiger charge is -2.47. The molecule has 29 heavy (non-hydrogen) atoms. The highest BCUT2D eigenvalue weighted by atomic mass is 35.5. The van der Waals surface area contributed by atoms with Crippen LogP contribution in [-0.4, -0.2) is 43.9 Å². The molecule has 3 rings (SSSR count). The zero-order chi connectivity index (χ0) is 20.8. The molecule has 1 heterocycles. The maximum atomic E-state index is 12.9. The first kappa shape index (κ1) is 21.6.